The summed E-state index contributed by atoms with van der Waals surface area (Å²) in [6, 6.07) is 0. The number of rotatable bonds is 0. The van der Waals surface area contributed by atoms with Crippen molar-refractivity contribution in [3.05, 3.63) is 0 Å². The third kappa shape index (κ3) is 0.895. The largest absolute Gasteiger partial charge is 0.273 e. The predicted molar refractivity (Wildman–Crippen MR) is 37.3 cm³/mol. The average Bonchev–Trinajstić information content (AvgIpc) is 2.45. The van der Waals surface area contributed by atoms with Crippen molar-refractivity contribution in [2.24, 2.45) is 0 Å². The molecule has 0 spiro atoms. The van der Waals surface area contributed by atoms with Gasteiger partial charge >= 0.3 is 0 Å². The van der Waals surface area contributed by atoms with Gasteiger partial charge in [-0.2, -0.15) is 0 Å². The number of hydrogen-bond donors (Lipinski definition) is 0. The zero-order valence-electron chi connectivity index (χ0n) is 6.25. The van der Waals surface area contributed by atoms with Crippen molar-refractivity contribution in [2.75, 3.05) is 13.1 Å². The Morgan fingerprint density at radius 2 is 1.36 bits per heavy atom. The van der Waals surface area contributed by atoms with E-state index in [1.54, 1.807) is 10.0 Å². The van der Waals surface area contributed by atoms with Gasteiger partial charge in [0, 0.05) is 25.9 Å². The number of hydrazine groups is 1. The predicted octanol–water partition coefficient (Wildman–Crippen LogP) is -0.244. The van der Waals surface area contributed by atoms with Crippen molar-refractivity contribution in [1.82, 2.24) is 10.0 Å². The van der Waals surface area contributed by atoms with Crippen LogP contribution in [0.3, 0.4) is 0 Å². The first-order valence-corrected chi connectivity index (χ1v) is 3.90. The quantitative estimate of drug-likeness (QED) is 0.483. The van der Waals surface area contributed by atoms with Crippen molar-refractivity contribution in [3.8, 4) is 0 Å². The normalized spacial score (nSPS) is 24.4. The Morgan fingerprint density at radius 3 is 1.82 bits per heavy atom. The van der Waals surface area contributed by atoms with Crippen LogP contribution in [0.25, 0.3) is 0 Å². The highest BCUT2D eigenvalue weighted by Gasteiger charge is 2.34. The molecule has 0 unspecified atom stereocenters. The third-order valence-electron chi connectivity index (χ3n) is 2.16. The molecule has 0 N–H and O–H groups in total. The number of amides is 2. The highest BCUT2D eigenvalue weighted by Crippen LogP contribution is 2.19. The minimum atomic E-state index is 0.0992. The van der Waals surface area contributed by atoms with Gasteiger partial charge < -0.3 is 0 Å². The lowest BCUT2D eigenvalue weighted by Gasteiger charge is -2.31. The summed E-state index contributed by atoms with van der Waals surface area (Å²) in [7, 11) is 0. The molecule has 2 aliphatic rings. The highest BCUT2D eigenvalue weighted by molar-refractivity contribution is 5.89. The van der Waals surface area contributed by atoms with Gasteiger partial charge in [0.25, 0.3) is 0 Å². The van der Waals surface area contributed by atoms with E-state index in [9.17, 15) is 9.59 Å². The fraction of sp³-hybridized carbons (Fsp3) is 0.714. The van der Waals surface area contributed by atoms with Gasteiger partial charge in [-0.15, -0.1) is 0 Å². The molecule has 0 saturated carbocycles. The topological polar surface area (TPSA) is 40.6 Å². The molecule has 2 fully saturated rings. The first kappa shape index (κ1) is 6.64. The average molecular weight is 154 g/mol. The minimum Gasteiger partial charge on any atom is -0.273 e. The minimum absolute atomic E-state index is 0.0992. The molecule has 4 heteroatoms. The molecule has 0 radical (unpaired) electrons. The second-order valence-corrected chi connectivity index (χ2v) is 2.89. The summed E-state index contributed by atoms with van der Waals surface area (Å²) in [5, 5.41) is 3.15. The summed E-state index contributed by atoms with van der Waals surface area (Å²) < 4.78 is 0. The van der Waals surface area contributed by atoms with Crippen LogP contribution in [0.2, 0.25) is 0 Å². The van der Waals surface area contributed by atoms with E-state index in [1.165, 1.54) is 0 Å². The summed E-state index contributed by atoms with van der Waals surface area (Å²) >= 11 is 0. The summed E-state index contributed by atoms with van der Waals surface area (Å²) in [6.45, 7) is 1.45. The Balaban J connectivity index is 2.20. The highest BCUT2D eigenvalue weighted by atomic mass is 16.2. The van der Waals surface area contributed by atoms with E-state index in [0.29, 0.717) is 12.8 Å². The first-order valence-electron chi connectivity index (χ1n) is 3.90. The number of carbonyl (C=O) groups excluding carboxylic acids is 2. The molecular weight excluding hydrogens is 144 g/mol. The Labute approximate surface area is 64.7 Å². The molecule has 2 saturated heterocycles. The molecule has 4 nitrogen and oxygen atoms in total. The SMILES string of the molecule is O=C1CCC(=O)N2CCCN12. The van der Waals surface area contributed by atoms with E-state index in [0.717, 1.165) is 19.5 Å². The van der Waals surface area contributed by atoms with Crippen LogP contribution in [-0.4, -0.2) is 34.9 Å². The second kappa shape index (κ2) is 2.22. The number of fused-ring (bicyclic) bond motifs is 1. The van der Waals surface area contributed by atoms with Crippen molar-refractivity contribution in [3.63, 3.8) is 0 Å². The van der Waals surface area contributed by atoms with E-state index in [-0.39, 0.29) is 11.8 Å². The van der Waals surface area contributed by atoms with Crippen molar-refractivity contribution in [1.29, 1.82) is 0 Å². The fourth-order valence-corrected chi connectivity index (χ4v) is 1.60. The van der Waals surface area contributed by atoms with Crippen molar-refractivity contribution >= 4 is 11.8 Å². The van der Waals surface area contributed by atoms with Crippen LogP contribution in [0, 0.1) is 0 Å². The molecule has 0 aliphatic carbocycles. The number of carbonyl (C=O) groups is 2. The van der Waals surface area contributed by atoms with E-state index in [1.807, 2.05) is 0 Å². The molecule has 2 aliphatic heterocycles. The molecule has 0 atom stereocenters. The van der Waals surface area contributed by atoms with E-state index in [2.05, 4.69) is 0 Å². The van der Waals surface area contributed by atoms with Gasteiger partial charge in [0.05, 0.1) is 0 Å². The van der Waals surface area contributed by atoms with E-state index >= 15 is 0 Å². The lowest BCUT2D eigenvalue weighted by Crippen LogP contribution is -2.48. The third-order valence-corrected chi connectivity index (χ3v) is 2.16. The molecule has 0 aromatic rings. The molecule has 2 rings (SSSR count). The van der Waals surface area contributed by atoms with Crippen LogP contribution in [0.5, 0.6) is 0 Å². The Morgan fingerprint density at radius 1 is 0.909 bits per heavy atom. The molecular formula is C7H10N2O2. The Hall–Kier alpha value is -1.06. The lowest BCUT2D eigenvalue weighted by molar-refractivity contribution is -0.164. The lowest BCUT2D eigenvalue weighted by atomic mass is 10.2. The maximum absolute atomic E-state index is 11.2. The van der Waals surface area contributed by atoms with Gasteiger partial charge in [-0.3, -0.25) is 19.6 Å². The van der Waals surface area contributed by atoms with Crippen LogP contribution in [0.1, 0.15) is 19.3 Å². The van der Waals surface area contributed by atoms with Crippen LogP contribution in [0.4, 0.5) is 0 Å². The summed E-state index contributed by atoms with van der Waals surface area (Å²) in [5.41, 5.74) is 0. The molecule has 0 aromatic carbocycles. The van der Waals surface area contributed by atoms with Gasteiger partial charge in [0.2, 0.25) is 11.8 Å². The van der Waals surface area contributed by atoms with Gasteiger partial charge in [-0.25, -0.2) is 0 Å². The molecule has 0 aromatic heterocycles. The van der Waals surface area contributed by atoms with Crippen molar-refractivity contribution < 1.29 is 9.59 Å². The monoisotopic (exact) mass is 154 g/mol. The molecule has 2 heterocycles. The zero-order chi connectivity index (χ0) is 7.84. The fourth-order valence-electron chi connectivity index (χ4n) is 1.60. The Kier molecular flexibility index (Phi) is 1.34. The van der Waals surface area contributed by atoms with Gasteiger partial charge in [0.1, 0.15) is 0 Å². The molecule has 2 amide bonds. The van der Waals surface area contributed by atoms with Crippen molar-refractivity contribution in [2.45, 2.75) is 19.3 Å². The summed E-state index contributed by atoms with van der Waals surface area (Å²) in [6.07, 6.45) is 1.72. The first-order chi connectivity index (χ1) is 5.29. The zero-order valence-corrected chi connectivity index (χ0v) is 6.25. The van der Waals surface area contributed by atoms with E-state index < -0.39 is 0 Å². The van der Waals surface area contributed by atoms with Gasteiger partial charge in [-0.1, -0.05) is 0 Å². The van der Waals surface area contributed by atoms with Crippen LogP contribution < -0.4 is 0 Å². The standard InChI is InChI=1S/C7H10N2O2/c10-6-2-3-7(11)9-5-1-4-8(6)9/h1-5H2. The Bertz CT molecular complexity index is 192. The van der Waals surface area contributed by atoms with Gasteiger partial charge in [-0.05, 0) is 6.42 Å². The maximum Gasteiger partial charge on any atom is 0.241 e. The maximum atomic E-state index is 11.2. The number of nitrogens with zero attached hydrogens (tertiary/aromatic N) is 2. The number of hydrogen-bond acceptors (Lipinski definition) is 2. The van der Waals surface area contributed by atoms with Crippen LogP contribution in [0.15, 0.2) is 0 Å². The van der Waals surface area contributed by atoms with Gasteiger partial charge in [0.15, 0.2) is 0 Å². The molecule has 0 bridgehead atoms. The van der Waals surface area contributed by atoms with E-state index in [4.69, 9.17) is 0 Å². The summed E-state index contributed by atoms with van der Waals surface area (Å²) in [5.74, 6) is 0.198. The smallest absolute Gasteiger partial charge is 0.241 e. The molecule has 11 heavy (non-hydrogen) atoms. The summed E-state index contributed by atoms with van der Waals surface area (Å²) in [4.78, 5) is 22.3. The molecule has 60 valence electrons. The second-order valence-electron chi connectivity index (χ2n) is 2.89. The van der Waals surface area contributed by atoms with Crippen LogP contribution in [-0.2, 0) is 9.59 Å². The van der Waals surface area contributed by atoms with Crippen LogP contribution >= 0.6 is 0 Å².